The van der Waals surface area contributed by atoms with Crippen LogP contribution in [0.4, 0.5) is 0 Å². The van der Waals surface area contributed by atoms with Crippen molar-refractivity contribution in [3.8, 4) is 0 Å². The van der Waals surface area contributed by atoms with Crippen LogP contribution in [0.1, 0.15) is 0 Å². The van der Waals surface area contributed by atoms with E-state index >= 15 is 0 Å². The Kier molecular flexibility index (Phi) is 2.90. The van der Waals surface area contributed by atoms with Crippen molar-refractivity contribution in [2.75, 3.05) is 5.88 Å². The van der Waals surface area contributed by atoms with Gasteiger partial charge >= 0.3 is 0 Å². The van der Waals surface area contributed by atoms with E-state index in [1.165, 1.54) is 11.8 Å². The van der Waals surface area contributed by atoms with Crippen LogP contribution in [-0.2, 0) is 4.74 Å². The van der Waals surface area contributed by atoms with Crippen LogP contribution in [0.15, 0.2) is 16.2 Å². The van der Waals surface area contributed by atoms with Gasteiger partial charge in [0.1, 0.15) is 5.76 Å². The number of aliphatic imine (C=N–C) groups is 1. The molecule has 4 nitrogen and oxygen atoms in total. The average molecular weight is 194 g/mol. The Balaban J connectivity index is 2.42. The van der Waals surface area contributed by atoms with E-state index in [4.69, 9.17) is 27.8 Å². The van der Waals surface area contributed by atoms with Gasteiger partial charge in [-0.05, 0) is 0 Å². The molecule has 0 aliphatic carbocycles. The molecule has 62 valence electrons. The van der Waals surface area contributed by atoms with Crippen molar-refractivity contribution in [3.63, 3.8) is 0 Å². The summed E-state index contributed by atoms with van der Waals surface area (Å²) < 4.78 is 5.17. The van der Waals surface area contributed by atoms with E-state index in [1.807, 2.05) is 0 Å². The van der Waals surface area contributed by atoms with E-state index in [-0.39, 0.29) is 11.5 Å². The summed E-state index contributed by atoms with van der Waals surface area (Å²) >= 11 is 6.88. The molecular formula is C5H8ClN3OS. The molecule has 6 heteroatoms. The summed E-state index contributed by atoms with van der Waals surface area (Å²) in [4.78, 5) is 3.78. The first kappa shape index (κ1) is 8.55. The minimum atomic E-state index is -0.353. The number of ether oxygens (including phenoxy) is 1. The zero-order chi connectivity index (χ0) is 8.27. The fraction of sp³-hybridized carbons (Fsp3) is 0.400. The average Bonchev–Trinajstić information content (AvgIpc) is 2.34. The molecule has 0 unspecified atom stereocenters. The van der Waals surface area contributed by atoms with Gasteiger partial charge in [-0.2, -0.15) is 4.99 Å². The molecule has 0 aromatic carbocycles. The smallest absolute Gasteiger partial charge is 0.244 e. The fourth-order valence-corrected chi connectivity index (χ4v) is 1.56. The lowest BCUT2D eigenvalue weighted by Crippen LogP contribution is -2.24. The molecular weight excluding hydrogens is 186 g/mol. The summed E-state index contributed by atoms with van der Waals surface area (Å²) in [6, 6.07) is 0. The molecule has 0 aromatic rings. The Morgan fingerprint density at radius 1 is 1.82 bits per heavy atom. The molecule has 0 bridgehead atoms. The largest absolute Gasteiger partial charge is 0.461 e. The normalized spacial score (nSPS) is 22.3. The molecule has 1 atom stereocenters. The van der Waals surface area contributed by atoms with Crippen molar-refractivity contribution in [2.45, 2.75) is 5.56 Å². The standard InChI is InChI=1S/C5H8ClN3OS/c6-1-3-2-11-5(10-3)9-4(7)8/h2,5H,1H2,(H4,7,8,9)/t5-/m0/s1. The van der Waals surface area contributed by atoms with E-state index in [9.17, 15) is 0 Å². The van der Waals surface area contributed by atoms with Crippen LogP contribution < -0.4 is 11.5 Å². The number of nitrogens with two attached hydrogens (primary N) is 2. The molecule has 1 aliphatic heterocycles. The number of hydrogen-bond donors (Lipinski definition) is 2. The first-order valence-corrected chi connectivity index (χ1v) is 4.36. The van der Waals surface area contributed by atoms with Gasteiger partial charge in [0.2, 0.25) is 5.56 Å². The Morgan fingerprint density at radius 3 is 3.00 bits per heavy atom. The maximum Gasteiger partial charge on any atom is 0.244 e. The maximum absolute atomic E-state index is 5.49. The van der Waals surface area contributed by atoms with Crippen molar-refractivity contribution in [1.82, 2.24) is 0 Å². The van der Waals surface area contributed by atoms with E-state index < -0.39 is 0 Å². The molecule has 1 aliphatic rings. The monoisotopic (exact) mass is 193 g/mol. The quantitative estimate of drug-likeness (QED) is 0.378. The van der Waals surface area contributed by atoms with Crippen LogP contribution >= 0.6 is 23.4 Å². The molecule has 4 N–H and O–H groups in total. The third kappa shape index (κ3) is 2.51. The first-order chi connectivity index (χ1) is 5.22. The number of nitrogens with zero attached hydrogens (tertiary/aromatic N) is 1. The number of halogens is 1. The van der Waals surface area contributed by atoms with Gasteiger partial charge in [-0.3, -0.25) is 0 Å². The Labute approximate surface area is 73.6 Å². The second-order valence-corrected chi connectivity index (χ2v) is 3.01. The summed E-state index contributed by atoms with van der Waals surface area (Å²) in [5, 5.41) is 1.80. The Bertz CT molecular complexity index is 202. The van der Waals surface area contributed by atoms with Crippen molar-refractivity contribution in [1.29, 1.82) is 0 Å². The highest BCUT2D eigenvalue weighted by molar-refractivity contribution is 8.02. The van der Waals surface area contributed by atoms with Gasteiger partial charge < -0.3 is 16.2 Å². The summed E-state index contributed by atoms with van der Waals surface area (Å²) in [6.07, 6.45) is 0. The molecule has 0 saturated carbocycles. The molecule has 0 amide bonds. The number of alkyl halides is 1. The number of guanidine groups is 1. The van der Waals surface area contributed by atoms with Gasteiger partial charge in [0.25, 0.3) is 0 Å². The lowest BCUT2D eigenvalue weighted by atomic mass is 10.7. The third-order valence-electron chi connectivity index (χ3n) is 0.954. The van der Waals surface area contributed by atoms with Crippen LogP contribution in [0.3, 0.4) is 0 Å². The van der Waals surface area contributed by atoms with E-state index in [1.54, 1.807) is 5.41 Å². The highest BCUT2D eigenvalue weighted by Gasteiger charge is 2.16. The topological polar surface area (TPSA) is 73.6 Å². The van der Waals surface area contributed by atoms with Crippen LogP contribution in [0, 0.1) is 0 Å². The molecule has 0 aromatic heterocycles. The minimum Gasteiger partial charge on any atom is -0.461 e. The van der Waals surface area contributed by atoms with Gasteiger partial charge in [0.05, 0.1) is 5.88 Å². The molecule has 0 spiro atoms. The van der Waals surface area contributed by atoms with Crippen molar-refractivity contribution >= 4 is 29.3 Å². The first-order valence-electron chi connectivity index (χ1n) is 2.88. The van der Waals surface area contributed by atoms with E-state index in [0.29, 0.717) is 11.6 Å². The predicted molar refractivity (Wildman–Crippen MR) is 47.1 cm³/mol. The summed E-state index contributed by atoms with van der Waals surface area (Å²) in [5.41, 5.74) is 9.92. The number of thioether (sulfide) groups is 1. The number of hydrogen-bond acceptors (Lipinski definition) is 3. The zero-order valence-electron chi connectivity index (χ0n) is 5.66. The van der Waals surface area contributed by atoms with Gasteiger partial charge in [-0.1, -0.05) is 11.8 Å². The second kappa shape index (κ2) is 3.73. The molecule has 0 saturated heterocycles. The highest BCUT2D eigenvalue weighted by Crippen LogP contribution is 2.28. The molecule has 1 heterocycles. The van der Waals surface area contributed by atoms with Crippen LogP contribution in [0.2, 0.25) is 0 Å². The summed E-state index contributed by atoms with van der Waals surface area (Å²) in [5.74, 6) is 1.07. The minimum absolute atomic E-state index is 0.0201. The van der Waals surface area contributed by atoms with Crippen LogP contribution in [0.5, 0.6) is 0 Å². The van der Waals surface area contributed by atoms with Gasteiger partial charge in [-0.25, -0.2) is 0 Å². The SMILES string of the molecule is NC(N)=N[C@H]1OC(CCl)=CS1. The van der Waals surface area contributed by atoms with E-state index in [2.05, 4.69) is 4.99 Å². The van der Waals surface area contributed by atoms with Crippen molar-refractivity contribution in [3.05, 3.63) is 11.2 Å². The zero-order valence-corrected chi connectivity index (χ0v) is 7.23. The second-order valence-electron chi connectivity index (χ2n) is 1.83. The third-order valence-corrected chi connectivity index (χ3v) is 2.05. The highest BCUT2D eigenvalue weighted by atomic mass is 35.5. The van der Waals surface area contributed by atoms with E-state index in [0.717, 1.165) is 0 Å². The number of allylic oxidation sites excluding steroid dienone is 1. The molecule has 11 heavy (non-hydrogen) atoms. The van der Waals surface area contributed by atoms with Gasteiger partial charge in [0, 0.05) is 5.41 Å². The molecule has 0 fully saturated rings. The number of rotatable bonds is 2. The van der Waals surface area contributed by atoms with Gasteiger partial charge in [-0.15, -0.1) is 11.6 Å². The van der Waals surface area contributed by atoms with Crippen LogP contribution in [0.25, 0.3) is 0 Å². The van der Waals surface area contributed by atoms with Gasteiger partial charge in [0.15, 0.2) is 5.96 Å². The van der Waals surface area contributed by atoms with Crippen molar-refractivity contribution < 1.29 is 4.74 Å². The summed E-state index contributed by atoms with van der Waals surface area (Å²) in [6.45, 7) is 0. The lowest BCUT2D eigenvalue weighted by Gasteiger charge is -2.05. The fourth-order valence-electron chi connectivity index (χ4n) is 0.561. The summed E-state index contributed by atoms with van der Waals surface area (Å²) in [7, 11) is 0. The van der Waals surface area contributed by atoms with Crippen molar-refractivity contribution in [2.24, 2.45) is 16.5 Å². The lowest BCUT2D eigenvalue weighted by molar-refractivity contribution is 0.206. The van der Waals surface area contributed by atoms with Crippen LogP contribution in [-0.4, -0.2) is 17.4 Å². The molecule has 1 rings (SSSR count). The maximum atomic E-state index is 5.49. The predicted octanol–water partition coefficient (Wildman–Crippen LogP) is 0.387. The Hall–Kier alpha value is -0.550. The molecule has 0 radical (unpaired) electrons. The Morgan fingerprint density at radius 2 is 2.55 bits per heavy atom.